The molecule has 150 valence electrons. The maximum atomic E-state index is 4.51. The summed E-state index contributed by atoms with van der Waals surface area (Å²) in [5.41, 5.74) is 5.95. The molecule has 3 heterocycles. The van der Waals surface area contributed by atoms with Crippen LogP contribution in [0.1, 0.15) is 31.7 Å². The Hall–Kier alpha value is -3.02. The molecule has 0 amide bonds. The molecule has 2 aromatic carbocycles. The van der Waals surface area contributed by atoms with E-state index >= 15 is 0 Å². The molecule has 3 aromatic rings. The number of hydrogen-bond donors (Lipinski definition) is 2. The first kappa shape index (κ1) is 18.0. The third-order valence-corrected chi connectivity index (χ3v) is 6.05. The van der Waals surface area contributed by atoms with Crippen LogP contribution in [0.5, 0.6) is 0 Å². The number of nitrogens with zero attached hydrogens (tertiary/aromatic N) is 4. The van der Waals surface area contributed by atoms with Crippen LogP contribution in [0.4, 0.5) is 22.9 Å². The van der Waals surface area contributed by atoms with Crippen LogP contribution >= 0.6 is 0 Å². The van der Waals surface area contributed by atoms with Crippen molar-refractivity contribution >= 4 is 33.8 Å². The predicted octanol–water partition coefficient (Wildman–Crippen LogP) is 4.44. The van der Waals surface area contributed by atoms with Crippen LogP contribution in [0.15, 0.2) is 42.7 Å². The summed E-state index contributed by atoms with van der Waals surface area (Å²) in [6.07, 6.45) is 5.62. The first-order valence-corrected chi connectivity index (χ1v) is 10.7. The fourth-order valence-corrected chi connectivity index (χ4v) is 4.35. The number of aromatic nitrogens is 2. The predicted molar refractivity (Wildman–Crippen MR) is 121 cm³/mol. The zero-order valence-electron chi connectivity index (χ0n) is 17.0. The first-order chi connectivity index (χ1) is 14.3. The smallest absolute Gasteiger partial charge is 0.137 e. The second kappa shape index (κ2) is 7.78. The van der Waals surface area contributed by atoms with Crippen molar-refractivity contribution in [3.63, 3.8) is 0 Å². The molecule has 0 unspecified atom stereocenters. The number of fused-ring (bicyclic) bond motifs is 2. The van der Waals surface area contributed by atoms with E-state index in [1.165, 1.54) is 49.3 Å². The van der Waals surface area contributed by atoms with Gasteiger partial charge in [0.25, 0.3) is 0 Å². The van der Waals surface area contributed by atoms with E-state index in [0.717, 1.165) is 42.2 Å². The fraction of sp³-hybridized carbons (Fsp3) is 0.391. The number of benzene rings is 2. The van der Waals surface area contributed by atoms with E-state index in [0.29, 0.717) is 0 Å². The second-order valence-corrected chi connectivity index (χ2v) is 7.87. The number of rotatable bonds is 5. The number of piperidine rings is 1. The van der Waals surface area contributed by atoms with Crippen LogP contribution in [0.25, 0.3) is 10.9 Å². The third kappa shape index (κ3) is 3.55. The summed E-state index contributed by atoms with van der Waals surface area (Å²) in [5, 5.41) is 8.04. The van der Waals surface area contributed by atoms with Gasteiger partial charge in [-0.2, -0.15) is 0 Å². The van der Waals surface area contributed by atoms with Crippen LogP contribution in [0, 0.1) is 0 Å². The van der Waals surface area contributed by atoms with E-state index in [2.05, 4.69) is 73.7 Å². The third-order valence-electron chi connectivity index (χ3n) is 6.05. The lowest BCUT2D eigenvalue weighted by Gasteiger charge is -2.28. The molecule has 29 heavy (non-hydrogen) atoms. The van der Waals surface area contributed by atoms with Gasteiger partial charge in [0.15, 0.2) is 0 Å². The largest absolute Gasteiger partial charge is 0.372 e. The van der Waals surface area contributed by atoms with Crippen molar-refractivity contribution in [1.29, 1.82) is 0 Å². The van der Waals surface area contributed by atoms with E-state index in [1.54, 1.807) is 6.33 Å². The van der Waals surface area contributed by atoms with Crippen molar-refractivity contribution in [2.75, 3.05) is 46.7 Å². The van der Waals surface area contributed by atoms with Crippen LogP contribution in [0.2, 0.25) is 0 Å². The molecule has 6 nitrogen and oxygen atoms in total. The Labute approximate surface area is 172 Å². The minimum atomic E-state index is 0.748. The molecule has 5 rings (SSSR count). The van der Waals surface area contributed by atoms with E-state index in [9.17, 15) is 0 Å². The van der Waals surface area contributed by atoms with Crippen LogP contribution in [-0.4, -0.2) is 36.3 Å². The van der Waals surface area contributed by atoms with Crippen LogP contribution in [0.3, 0.4) is 0 Å². The maximum absolute atomic E-state index is 4.51. The van der Waals surface area contributed by atoms with E-state index in [4.69, 9.17) is 0 Å². The number of anilines is 4. The zero-order chi connectivity index (χ0) is 19.6. The molecule has 1 aromatic heterocycles. The molecule has 0 aliphatic carbocycles. The molecular weight excluding hydrogens is 360 g/mol. The highest BCUT2D eigenvalue weighted by Crippen LogP contribution is 2.36. The molecule has 0 spiro atoms. The Bertz CT molecular complexity index is 994. The van der Waals surface area contributed by atoms with Gasteiger partial charge in [-0.25, -0.2) is 9.97 Å². The summed E-state index contributed by atoms with van der Waals surface area (Å²) in [6.45, 7) is 7.11. The maximum Gasteiger partial charge on any atom is 0.137 e. The summed E-state index contributed by atoms with van der Waals surface area (Å²) < 4.78 is 0. The van der Waals surface area contributed by atoms with Crippen molar-refractivity contribution < 1.29 is 0 Å². The van der Waals surface area contributed by atoms with E-state index < -0.39 is 0 Å². The summed E-state index contributed by atoms with van der Waals surface area (Å²) in [4.78, 5) is 13.8. The minimum Gasteiger partial charge on any atom is -0.372 e. The summed E-state index contributed by atoms with van der Waals surface area (Å²) in [5.74, 6) is 0.884. The van der Waals surface area contributed by atoms with Crippen LogP contribution in [-0.2, 0) is 6.54 Å². The SMILES string of the molecule is CCN1CNc2cc3c(NCc4ccc(N5CCCCC5)cc4)ncnc3cc21. The molecule has 0 atom stereocenters. The Morgan fingerprint density at radius 1 is 1.03 bits per heavy atom. The summed E-state index contributed by atoms with van der Waals surface area (Å²) in [7, 11) is 0. The summed E-state index contributed by atoms with van der Waals surface area (Å²) in [6, 6.07) is 13.3. The highest BCUT2D eigenvalue weighted by molar-refractivity contribution is 5.97. The average molecular weight is 389 g/mol. The number of hydrogen-bond acceptors (Lipinski definition) is 6. The molecule has 1 fully saturated rings. The minimum absolute atomic E-state index is 0.748. The van der Waals surface area contributed by atoms with Gasteiger partial charge < -0.3 is 20.4 Å². The molecule has 2 aliphatic rings. The topological polar surface area (TPSA) is 56.3 Å². The summed E-state index contributed by atoms with van der Waals surface area (Å²) >= 11 is 0. The zero-order valence-corrected chi connectivity index (χ0v) is 17.0. The van der Waals surface area contributed by atoms with Gasteiger partial charge in [0.2, 0.25) is 0 Å². The fourth-order valence-electron chi connectivity index (χ4n) is 4.35. The van der Waals surface area contributed by atoms with Gasteiger partial charge in [-0.15, -0.1) is 0 Å². The average Bonchev–Trinajstić information content (AvgIpc) is 3.19. The number of nitrogens with one attached hydrogen (secondary N) is 2. The molecule has 1 saturated heterocycles. The molecule has 2 aliphatic heterocycles. The van der Waals surface area contributed by atoms with Gasteiger partial charge in [-0.1, -0.05) is 12.1 Å². The normalized spacial score (nSPS) is 16.0. The lowest BCUT2D eigenvalue weighted by atomic mass is 10.1. The van der Waals surface area contributed by atoms with Gasteiger partial charge in [-0.3, -0.25) is 0 Å². The molecule has 6 heteroatoms. The highest BCUT2D eigenvalue weighted by Gasteiger charge is 2.19. The van der Waals surface area contributed by atoms with Gasteiger partial charge >= 0.3 is 0 Å². The Morgan fingerprint density at radius 2 is 1.86 bits per heavy atom. The lowest BCUT2D eigenvalue weighted by Crippen LogP contribution is -2.29. The Balaban J connectivity index is 1.33. The van der Waals surface area contributed by atoms with Crippen molar-refractivity contribution in [3.05, 3.63) is 48.3 Å². The highest BCUT2D eigenvalue weighted by atomic mass is 15.3. The van der Waals surface area contributed by atoms with Crippen molar-refractivity contribution in [2.45, 2.75) is 32.7 Å². The van der Waals surface area contributed by atoms with E-state index in [1.807, 2.05) is 0 Å². The van der Waals surface area contributed by atoms with E-state index in [-0.39, 0.29) is 0 Å². The first-order valence-electron chi connectivity index (χ1n) is 10.7. The monoisotopic (exact) mass is 388 g/mol. The quantitative estimate of drug-likeness (QED) is 0.674. The van der Waals surface area contributed by atoms with Gasteiger partial charge in [0.05, 0.1) is 23.6 Å². The lowest BCUT2D eigenvalue weighted by molar-refractivity contribution is 0.578. The molecule has 2 N–H and O–H groups in total. The molecule has 0 radical (unpaired) electrons. The van der Waals surface area contributed by atoms with Crippen molar-refractivity contribution in [3.8, 4) is 0 Å². The molecule has 0 saturated carbocycles. The van der Waals surface area contributed by atoms with Crippen molar-refractivity contribution in [1.82, 2.24) is 9.97 Å². The Morgan fingerprint density at radius 3 is 2.66 bits per heavy atom. The Kier molecular flexibility index (Phi) is 4.84. The van der Waals surface area contributed by atoms with Gasteiger partial charge in [-0.05, 0) is 56.0 Å². The molecular formula is C23H28N6. The van der Waals surface area contributed by atoms with Gasteiger partial charge in [0, 0.05) is 37.3 Å². The second-order valence-electron chi connectivity index (χ2n) is 7.87. The van der Waals surface area contributed by atoms with Crippen LogP contribution < -0.4 is 20.4 Å². The molecule has 0 bridgehead atoms. The van der Waals surface area contributed by atoms with Crippen molar-refractivity contribution in [2.24, 2.45) is 0 Å². The van der Waals surface area contributed by atoms with Gasteiger partial charge in [0.1, 0.15) is 12.1 Å². The standard InChI is InChI=1S/C23H28N6/c1-2-28-16-27-21-12-19-20(13-22(21)28)25-15-26-23(19)24-14-17-6-8-18(9-7-17)29-10-4-3-5-11-29/h6-9,12-13,15,27H,2-5,10-11,14,16H2,1H3,(H,24,25,26).